The van der Waals surface area contributed by atoms with Crippen molar-refractivity contribution in [3.05, 3.63) is 24.0 Å². The molecule has 1 rings (SSSR count). The molecule has 0 bridgehead atoms. The third-order valence-corrected chi connectivity index (χ3v) is 2.41. The summed E-state index contributed by atoms with van der Waals surface area (Å²) in [5, 5.41) is 0. The van der Waals surface area contributed by atoms with Crippen LogP contribution in [0.5, 0.6) is 0 Å². The quantitative estimate of drug-likeness (QED) is 0.659. The predicted octanol–water partition coefficient (Wildman–Crippen LogP) is 0.252. The summed E-state index contributed by atoms with van der Waals surface area (Å²) in [4.78, 5) is 11.3. The molecule has 0 saturated carbocycles. The van der Waals surface area contributed by atoms with E-state index in [1.807, 2.05) is 0 Å². The number of ketones is 1. The largest absolute Gasteiger partial charge is 0.348 e. The Morgan fingerprint density at radius 3 is 2.54 bits per heavy atom. The van der Waals surface area contributed by atoms with Gasteiger partial charge in [0.2, 0.25) is 0 Å². The Balaban J connectivity index is 2.88. The minimum absolute atomic E-state index is 0.366. The number of nitrogens with zero attached hydrogens (tertiary/aromatic N) is 1. The maximum Gasteiger partial charge on any atom is 0.194 e. The molecule has 0 radical (unpaired) electrons. The Morgan fingerprint density at radius 1 is 1.54 bits per heavy atom. The summed E-state index contributed by atoms with van der Waals surface area (Å²) in [6, 6.07) is 3.31. The lowest BCUT2D eigenvalue weighted by Gasteiger charge is -2.00. The van der Waals surface area contributed by atoms with Gasteiger partial charge in [0.05, 0.1) is 5.69 Å². The van der Waals surface area contributed by atoms with Gasteiger partial charge >= 0.3 is 0 Å². The monoisotopic (exact) mass is 201 g/mol. The van der Waals surface area contributed by atoms with Gasteiger partial charge in [0.15, 0.2) is 15.6 Å². The molecule has 72 valence electrons. The SMILES string of the molecule is Cn1cccc1C(=O)CS(C)(=O)=O. The second-order valence-electron chi connectivity index (χ2n) is 3.00. The molecular weight excluding hydrogens is 190 g/mol. The second-order valence-corrected chi connectivity index (χ2v) is 5.14. The summed E-state index contributed by atoms with van der Waals surface area (Å²) in [6.45, 7) is 0. The van der Waals surface area contributed by atoms with Crippen LogP contribution in [0, 0.1) is 0 Å². The molecule has 0 aliphatic heterocycles. The first kappa shape index (κ1) is 9.98. The molecule has 5 heteroatoms. The van der Waals surface area contributed by atoms with Crippen molar-refractivity contribution in [1.82, 2.24) is 4.57 Å². The molecule has 1 aromatic heterocycles. The van der Waals surface area contributed by atoms with Crippen molar-refractivity contribution >= 4 is 15.6 Å². The zero-order valence-electron chi connectivity index (χ0n) is 7.52. The van der Waals surface area contributed by atoms with Crippen LogP contribution < -0.4 is 0 Å². The van der Waals surface area contributed by atoms with Crippen LogP contribution in [0.15, 0.2) is 18.3 Å². The number of hydrogen-bond acceptors (Lipinski definition) is 3. The number of sulfone groups is 1. The second kappa shape index (κ2) is 3.33. The third-order valence-electron chi connectivity index (χ3n) is 1.62. The van der Waals surface area contributed by atoms with E-state index in [0.717, 1.165) is 6.26 Å². The van der Waals surface area contributed by atoms with Gasteiger partial charge in [0.1, 0.15) is 5.75 Å². The molecule has 0 aliphatic rings. The first-order chi connectivity index (χ1) is 5.90. The van der Waals surface area contributed by atoms with Crippen LogP contribution in [0.3, 0.4) is 0 Å². The van der Waals surface area contributed by atoms with Gasteiger partial charge in [0, 0.05) is 19.5 Å². The fourth-order valence-corrected chi connectivity index (χ4v) is 1.69. The van der Waals surface area contributed by atoms with Crippen molar-refractivity contribution in [3.63, 3.8) is 0 Å². The molecule has 0 N–H and O–H groups in total. The normalized spacial score (nSPS) is 11.5. The number of aryl methyl sites for hydroxylation is 1. The minimum Gasteiger partial charge on any atom is -0.348 e. The summed E-state index contributed by atoms with van der Waals surface area (Å²) in [6.07, 6.45) is 2.75. The van der Waals surface area contributed by atoms with E-state index in [1.54, 1.807) is 29.9 Å². The van der Waals surface area contributed by atoms with Crippen molar-refractivity contribution in [2.24, 2.45) is 7.05 Å². The zero-order valence-corrected chi connectivity index (χ0v) is 8.34. The first-order valence-corrected chi connectivity index (χ1v) is 5.78. The van der Waals surface area contributed by atoms with Crippen LogP contribution in [-0.2, 0) is 16.9 Å². The van der Waals surface area contributed by atoms with Crippen LogP contribution in [0.1, 0.15) is 10.5 Å². The van der Waals surface area contributed by atoms with E-state index in [4.69, 9.17) is 0 Å². The number of aromatic nitrogens is 1. The van der Waals surface area contributed by atoms with E-state index in [-0.39, 0.29) is 5.78 Å². The van der Waals surface area contributed by atoms with E-state index in [9.17, 15) is 13.2 Å². The standard InChI is InChI=1S/C8H11NO3S/c1-9-5-3-4-7(9)8(10)6-13(2,11)12/h3-5H,6H2,1-2H3. The fraction of sp³-hybridized carbons (Fsp3) is 0.375. The van der Waals surface area contributed by atoms with Gasteiger partial charge in [-0.1, -0.05) is 0 Å². The Morgan fingerprint density at radius 2 is 2.15 bits per heavy atom. The molecule has 1 aromatic rings. The third kappa shape index (κ3) is 2.69. The average molecular weight is 201 g/mol. The van der Waals surface area contributed by atoms with Gasteiger partial charge in [-0.05, 0) is 12.1 Å². The highest BCUT2D eigenvalue weighted by Gasteiger charge is 2.14. The van der Waals surface area contributed by atoms with Gasteiger partial charge in [-0.2, -0.15) is 0 Å². The lowest BCUT2D eigenvalue weighted by atomic mass is 10.3. The molecule has 0 amide bonds. The van der Waals surface area contributed by atoms with Gasteiger partial charge in [-0.25, -0.2) is 8.42 Å². The Hall–Kier alpha value is -1.10. The van der Waals surface area contributed by atoms with Gasteiger partial charge in [-0.3, -0.25) is 4.79 Å². The smallest absolute Gasteiger partial charge is 0.194 e. The van der Waals surface area contributed by atoms with Crippen molar-refractivity contribution in [2.75, 3.05) is 12.0 Å². The fourth-order valence-electron chi connectivity index (χ4n) is 1.06. The van der Waals surface area contributed by atoms with Gasteiger partial charge in [-0.15, -0.1) is 0 Å². The number of carbonyl (C=O) groups is 1. The Bertz CT molecular complexity index is 416. The highest BCUT2D eigenvalue weighted by molar-refractivity contribution is 7.91. The van der Waals surface area contributed by atoms with Crippen molar-refractivity contribution in [1.29, 1.82) is 0 Å². The lowest BCUT2D eigenvalue weighted by molar-refractivity contribution is 0.101. The summed E-state index contributed by atoms with van der Waals surface area (Å²) in [5.74, 6) is -0.791. The van der Waals surface area contributed by atoms with E-state index in [1.165, 1.54) is 0 Å². The maximum absolute atomic E-state index is 11.3. The molecule has 0 aromatic carbocycles. The molecule has 0 aliphatic carbocycles. The molecule has 0 saturated heterocycles. The van der Waals surface area contributed by atoms with Crippen LogP contribution in [0.2, 0.25) is 0 Å². The number of carbonyl (C=O) groups excluding carboxylic acids is 1. The summed E-state index contributed by atoms with van der Waals surface area (Å²) >= 11 is 0. The number of hydrogen-bond donors (Lipinski definition) is 0. The van der Waals surface area contributed by atoms with E-state index in [2.05, 4.69) is 0 Å². The molecular formula is C8H11NO3S. The first-order valence-electron chi connectivity index (χ1n) is 3.72. The Kier molecular flexibility index (Phi) is 2.56. The van der Waals surface area contributed by atoms with E-state index in [0.29, 0.717) is 5.69 Å². The van der Waals surface area contributed by atoms with Crippen LogP contribution >= 0.6 is 0 Å². The molecule has 0 fully saturated rings. The average Bonchev–Trinajstić information content (AvgIpc) is 2.30. The highest BCUT2D eigenvalue weighted by Crippen LogP contribution is 2.02. The predicted molar refractivity (Wildman–Crippen MR) is 49.5 cm³/mol. The summed E-state index contributed by atoms with van der Waals surface area (Å²) in [5.41, 5.74) is 0.422. The van der Waals surface area contributed by atoms with Crippen LogP contribution in [0.25, 0.3) is 0 Å². The van der Waals surface area contributed by atoms with Gasteiger partial charge < -0.3 is 4.57 Å². The van der Waals surface area contributed by atoms with E-state index >= 15 is 0 Å². The molecule has 13 heavy (non-hydrogen) atoms. The van der Waals surface area contributed by atoms with Crippen molar-refractivity contribution in [2.45, 2.75) is 0 Å². The van der Waals surface area contributed by atoms with E-state index < -0.39 is 15.6 Å². The Labute approximate surface area is 77.1 Å². The molecule has 0 atom stereocenters. The molecule has 0 unspecified atom stereocenters. The topological polar surface area (TPSA) is 56.1 Å². The summed E-state index contributed by atoms with van der Waals surface area (Å²) in [7, 11) is -1.53. The van der Waals surface area contributed by atoms with Crippen LogP contribution in [0.4, 0.5) is 0 Å². The maximum atomic E-state index is 11.3. The molecule has 4 nitrogen and oxygen atoms in total. The van der Waals surface area contributed by atoms with Crippen molar-refractivity contribution in [3.8, 4) is 0 Å². The van der Waals surface area contributed by atoms with Crippen LogP contribution in [-0.4, -0.2) is 30.8 Å². The van der Waals surface area contributed by atoms with Crippen molar-refractivity contribution < 1.29 is 13.2 Å². The highest BCUT2D eigenvalue weighted by atomic mass is 32.2. The lowest BCUT2D eigenvalue weighted by Crippen LogP contribution is -2.16. The minimum atomic E-state index is -3.23. The zero-order chi connectivity index (χ0) is 10.1. The van der Waals surface area contributed by atoms with Gasteiger partial charge in [0.25, 0.3) is 0 Å². The number of Topliss-reactive ketones (excluding diaryl/α,β-unsaturated/α-hetero) is 1. The molecule has 0 spiro atoms. The summed E-state index contributed by atoms with van der Waals surface area (Å²) < 4.78 is 23.2. The molecule has 1 heterocycles. The number of rotatable bonds is 3.